The summed E-state index contributed by atoms with van der Waals surface area (Å²) in [6.07, 6.45) is 7.20. The lowest BCUT2D eigenvalue weighted by Crippen LogP contribution is -2.64. The van der Waals surface area contributed by atoms with E-state index < -0.39 is 0 Å². The molecule has 0 aromatic carbocycles. The molecule has 2 rings (SSSR count). The van der Waals surface area contributed by atoms with Crippen molar-refractivity contribution in [1.29, 1.82) is 0 Å². The Morgan fingerprint density at radius 3 is 2.26 bits per heavy atom. The number of rotatable bonds is 8. The normalized spacial score (nSPS) is 23.1. The second-order valence-corrected chi connectivity index (χ2v) is 7.83. The fourth-order valence-corrected chi connectivity index (χ4v) is 3.54. The molecule has 2 heteroatoms. The molecular weight excluding hydrogens is 234 g/mol. The fourth-order valence-electron chi connectivity index (χ4n) is 3.54. The monoisotopic (exact) mass is 267 g/mol. The van der Waals surface area contributed by atoms with E-state index in [-0.39, 0.29) is 0 Å². The van der Waals surface area contributed by atoms with Gasteiger partial charge >= 0.3 is 0 Å². The summed E-state index contributed by atoms with van der Waals surface area (Å²) in [5, 5.41) is 0. The lowest BCUT2D eigenvalue weighted by atomic mass is 9.61. The minimum Gasteiger partial charge on any atom is -0.378 e. The first-order valence-corrected chi connectivity index (χ1v) is 8.33. The van der Waals surface area contributed by atoms with Gasteiger partial charge in [0.05, 0.1) is 6.10 Å². The van der Waals surface area contributed by atoms with Crippen LogP contribution in [-0.4, -0.2) is 37.2 Å². The van der Waals surface area contributed by atoms with Gasteiger partial charge in [-0.25, -0.2) is 0 Å². The van der Waals surface area contributed by atoms with Crippen molar-refractivity contribution in [2.24, 2.45) is 17.3 Å². The van der Waals surface area contributed by atoms with Gasteiger partial charge in [0.25, 0.3) is 0 Å². The highest BCUT2D eigenvalue weighted by atomic mass is 16.5. The molecule has 0 radical (unpaired) electrons. The summed E-state index contributed by atoms with van der Waals surface area (Å²) in [5.41, 5.74) is 0.667. The Kier molecular flexibility index (Phi) is 5.30. The lowest BCUT2D eigenvalue weighted by Gasteiger charge is -2.59. The quantitative estimate of drug-likeness (QED) is 0.660. The van der Waals surface area contributed by atoms with E-state index in [4.69, 9.17) is 4.74 Å². The SMILES string of the molecule is CC(C)CCCN1CC2(CC(OCCC(C)C)C2)C1. The molecule has 0 aromatic heterocycles. The molecule has 2 nitrogen and oxygen atoms in total. The van der Waals surface area contributed by atoms with Gasteiger partial charge in [0, 0.05) is 25.1 Å². The average Bonchev–Trinajstić information content (AvgIpc) is 2.20. The zero-order valence-corrected chi connectivity index (χ0v) is 13.5. The van der Waals surface area contributed by atoms with Crippen molar-refractivity contribution in [2.45, 2.75) is 65.9 Å². The largest absolute Gasteiger partial charge is 0.378 e. The van der Waals surface area contributed by atoms with E-state index in [9.17, 15) is 0 Å². The summed E-state index contributed by atoms with van der Waals surface area (Å²) in [6.45, 7) is 14.2. The predicted octanol–water partition coefficient (Wildman–Crippen LogP) is 3.95. The molecule has 0 bridgehead atoms. The average molecular weight is 267 g/mol. The van der Waals surface area contributed by atoms with Crippen LogP contribution in [-0.2, 0) is 4.74 Å². The molecule has 19 heavy (non-hydrogen) atoms. The van der Waals surface area contributed by atoms with Crippen LogP contribution >= 0.6 is 0 Å². The van der Waals surface area contributed by atoms with Crippen LogP contribution in [0.2, 0.25) is 0 Å². The second kappa shape index (κ2) is 6.58. The molecule has 1 aliphatic carbocycles. The van der Waals surface area contributed by atoms with Gasteiger partial charge in [0.1, 0.15) is 0 Å². The van der Waals surface area contributed by atoms with Crippen molar-refractivity contribution in [3.63, 3.8) is 0 Å². The van der Waals surface area contributed by atoms with Gasteiger partial charge in [-0.05, 0) is 50.5 Å². The maximum absolute atomic E-state index is 5.95. The molecular formula is C17H33NO. The van der Waals surface area contributed by atoms with E-state index in [1.807, 2.05) is 0 Å². The Hall–Kier alpha value is -0.0800. The van der Waals surface area contributed by atoms with Gasteiger partial charge in [-0.1, -0.05) is 27.7 Å². The van der Waals surface area contributed by atoms with Crippen LogP contribution in [0.15, 0.2) is 0 Å². The summed E-state index contributed by atoms with van der Waals surface area (Å²) < 4.78 is 5.95. The number of likely N-dealkylation sites (tertiary alicyclic amines) is 1. The predicted molar refractivity (Wildman–Crippen MR) is 81.4 cm³/mol. The number of ether oxygens (including phenoxy) is 1. The van der Waals surface area contributed by atoms with E-state index in [2.05, 4.69) is 32.6 Å². The zero-order chi connectivity index (χ0) is 13.9. The Morgan fingerprint density at radius 1 is 1.05 bits per heavy atom. The van der Waals surface area contributed by atoms with Crippen LogP contribution in [0.1, 0.15) is 59.8 Å². The van der Waals surface area contributed by atoms with E-state index >= 15 is 0 Å². The number of hydrogen-bond acceptors (Lipinski definition) is 2. The van der Waals surface area contributed by atoms with Crippen LogP contribution in [0.25, 0.3) is 0 Å². The molecule has 1 heterocycles. The van der Waals surface area contributed by atoms with Crippen molar-refractivity contribution in [3.8, 4) is 0 Å². The number of nitrogens with zero attached hydrogens (tertiary/aromatic N) is 1. The molecule has 1 aliphatic heterocycles. The highest BCUT2D eigenvalue weighted by Gasteiger charge is 2.52. The molecule has 0 unspecified atom stereocenters. The molecule has 1 spiro atoms. The Bertz CT molecular complexity index is 231. The van der Waals surface area contributed by atoms with E-state index in [1.165, 1.54) is 51.7 Å². The molecule has 2 aliphatic rings. The summed E-state index contributed by atoms with van der Waals surface area (Å²) in [4.78, 5) is 2.65. The molecule has 112 valence electrons. The van der Waals surface area contributed by atoms with Crippen molar-refractivity contribution >= 4 is 0 Å². The summed E-state index contributed by atoms with van der Waals surface area (Å²) in [6, 6.07) is 0. The third-order valence-corrected chi connectivity index (χ3v) is 4.74. The molecule has 0 aromatic rings. The molecule has 1 saturated heterocycles. The highest BCUT2D eigenvalue weighted by molar-refractivity contribution is 5.04. The Labute approximate surface area is 119 Å². The molecule has 0 amide bonds. The Morgan fingerprint density at radius 2 is 1.68 bits per heavy atom. The minimum atomic E-state index is 0.580. The smallest absolute Gasteiger partial charge is 0.0587 e. The van der Waals surface area contributed by atoms with Gasteiger partial charge in [-0.2, -0.15) is 0 Å². The minimum absolute atomic E-state index is 0.580. The molecule has 1 saturated carbocycles. The van der Waals surface area contributed by atoms with Crippen molar-refractivity contribution in [3.05, 3.63) is 0 Å². The fraction of sp³-hybridized carbons (Fsp3) is 1.00. The van der Waals surface area contributed by atoms with E-state index in [0.29, 0.717) is 11.5 Å². The van der Waals surface area contributed by atoms with Crippen LogP contribution < -0.4 is 0 Å². The van der Waals surface area contributed by atoms with E-state index in [1.54, 1.807) is 0 Å². The molecule has 0 N–H and O–H groups in total. The van der Waals surface area contributed by atoms with Gasteiger partial charge in [-0.3, -0.25) is 0 Å². The zero-order valence-electron chi connectivity index (χ0n) is 13.5. The standard InChI is InChI=1S/C17H33NO/c1-14(2)6-5-8-18-12-17(13-18)10-16(11-17)19-9-7-15(3)4/h14-16H,5-13H2,1-4H3. The Balaban J connectivity index is 1.49. The summed E-state index contributed by atoms with van der Waals surface area (Å²) in [5.74, 6) is 1.63. The van der Waals surface area contributed by atoms with Crippen molar-refractivity contribution in [1.82, 2.24) is 4.90 Å². The first kappa shape index (κ1) is 15.3. The third kappa shape index (κ3) is 4.46. The van der Waals surface area contributed by atoms with E-state index in [0.717, 1.165) is 18.4 Å². The lowest BCUT2D eigenvalue weighted by molar-refractivity contribution is -0.151. The van der Waals surface area contributed by atoms with Crippen LogP contribution in [0, 0.1) is 17.3 Å². The topological polar surface area (TPSA) is 12.5 Å². The maximum atomic E-state index is 5.95. The van der Waals surface area contributed by atoms with Crippen LogP contribution in [0.3, 0.4) is 0 Å². The highest BCUT2D eigenvalue weighted by Crippen LogP contribution is 2.49. The van der Waals surface area contributed by atoms with Crippen LogP contribution in [0.4, 0.5) is 0 Å². The maximum Gasteiger partial charge on any atom is 0.0587 e. The first-order chi connectivity index (χ1) is 8.99. The summed E-state index contributed by atoms with van der Waals surface area (Å²) in [7, 11) is 0. The molecule has 2 fully saturated rings. The van der Waals surface area contributed by atoms with Crippen molar-refractivity contribution in [2.75, 3.05) is 26.2 Å². The first-order valence-electron chi connectivity index (χ1n) is 8.33. The van der Waals surface area contributed by atoms with Crippen LogP contribution in [0.5, 0.6) is 0 Å². The summed E-state index contributed by atoms with van der Waals surface area (Å²) >= 11 is 0. The van der Waals surface area contributed by atoms with Gasteiger partial charge < -0.3 is 9.64 Å². The second-order valence-electron chi connectivity index (χ2n) is 7.83. The number of hydrogen-bond donors (Lipinski definition) is 0. The van der Waals surface area contributed by atoms with Crippen molar-refractivity contribution < 1.29 is 4.74 Å². The molecule has 0 atom stereocenters. The van der Waals surface area contributed by atoms with Gasteiger partial charge in [-0.15, -0.1) is 0 Å². The third-order valence-electron chi connectivity index (χ3n) is 4.74. The van der Waals surface area contributed by atoms with Gasteiger partial charge in [0.2, 0.25) is 0 Å². The van der Waals surface area contributed by atoms with Gasteiger partial charge in [0.15, 0.2) is 0 Å².